The molecule has 0 aliphatic heterocycles. The monoisotopic (exact) mass is 462 g/mol. The molecule has 0 saturated heterocycles. The van der Waals surface area contributed by atoms with E-state index < -0.39 is 0 Å². The summed E-state index contributed by atoms with van der Waals surface area (Å²) in [6.07, 6.45) is 7.46. The summed E-state index contributed by atoms with van der Waals surface area (Å²) in [5, 5.41) is 4.70. The molecule has 0 radical (unpaired) electrons. The van der Waals surface area contributed by atoms with E-state index in [-0.39, 0.29) is 0 Å². The molecule has 0 amide bonds. The summed E-state index contributed by atoms with van der Waals surface area (Å²) in [6.45, 7) is 1.60. The van der Waals surface area contributed by atoms with Gasteiger partial charge in [-0.15, -0.1) is 11.3 Å². The predicted molar refractivity (Wildman–Crippen MR) is 116 cm³/mol. The number of rotatable bonds is 7. The fourth-order valence-electron chi connectivity index (χ4n) is 6.19. The van der Waals surface area contributed by atoms with Gasteiger partial charge in [0.1, 0.15) is 13.2 Å². The van der Waals surface area contributed by atoms with Crippen LogP contribution in [0.1, 0.15) is 42.5 Å². The normalized spacial score (nSPS) is 30.6. The minimum atomic E-state index is 0.575. The van der Waals surface area contributed by atoms with Crippen LogP contribution in [0.15, 0.2) is 34.1 Å². The van der Waals surface area contributed by atoms with Crippen molar-refractivity contribution in [2.24, 2.45) is 23.7 Å². The van der Waals surface area contributed by atoms with Gasteiger partial charge in [-0.05, 0) is 83.4 Å². The summed E-state index contributed by atoms with van der Waals surface area (Å²) in [6, 6.07) is 9.34. The van der Waals surface area contributed by atoms with Crippen LogP contribution in [0.3, 0.4) is 0 Å². The van der Waals surface area contributed by atoms with Crippen LogP contribution in [-0.4, -0.2) is 13.2 Å². The van der Waals surface area contributed by atoms with E-state index in [1.807, 2.05) is 0 Å². The molecule has 6 rings (SSSR count). The van der Waals surface area contributed by atoms with Gasteiger partial charge in [0.25, 0.3) is 0 Å². The molecule has 1 heterocycles. The van der Waals surface area contributed by atoms with Gasteiger partial charge in [0.2, 0.25) is 0 Å². The maximum absolute atomic E-state index is 6.06. The Morgan fingerprint density at radius 2 is 1.86 bits per heavy atom. The summed E-state index contributed by atoms with van der Waals surface area (Å²) in [5.41, 5.74) is 1.31. The molecule has 2 aromatic rings. The molecule has 1 aromatic carbocycles. The van der Waals surface area contributed by atoms with Gasteiger partial charge < -0.3 is 14.8 Å². The smallest absolute Gasteiger partial charge is 0.175 e. The number of halogens is 1. The van der Waals surface area contributed by atoms with Gasteiger partial charge in [-0.25, -0.2) is 0 Å². The number of thiophene rings is 1. The second-order valence-corrected chi connectivity index (χ2v) is 10.8. The lowest BCUT2D eigenvalue weighted by atomic mass is 9.54. The van der Waals surface area contributed by atoms with E-state index >= 15 is 0 Å². The van der Waals surface area contributed by atoms with Gasteiger partial charge in [-0.1, -0.05) is 6.07 Å². The number of methoxy groups -OCH3 is 1. The third-order valence-corrected chi connectivity index (χ3v) is 8.59. The van der Waals surface area contributed by atoms with E-state index in [0.717, 1.165) is 52.2 Å². The number of hydrogen-bond acceptors (Lipinski definition) is 3. The first kappa shape index (κ1) is 19.0. The molecule has 0 unspecified atom stereocenters. The van der Waals surface area contributed by atoms with Crippen molar-refractivity contribution in [3.05, 3.63) is 44.6 Å². The van der Waals surface area contributed by atoms with Gasteiger partial charge in [-0.3, -0.25) is 0 Å². The third-order valence-electron chi connectivity index (χ3n) is 7.15. The molecule has 2 N–H and O–H groups in total. The minimum absolute atomic E-state index is 0.575. The Labute approximate surface area is 180 Å². The summed E-state index contributed by atoms with van der Waals surface area (Å²) in [4.78, 5) is 1.22. The Morgan fingerprint density at radius 1 is 1.11 bits per heavy atom. The first-order valence-electron chi connectivity index (χ1n) is 10.5. The van der Waals surface area contributed by atoms with Crippen LogP contribution in [0.2, 0.25) is 0 Å². The SMILES string of the molecule is COc1cc(C[NH2+]C2C3CC4CC(C3)CC2C4)cc(Br)c1OCc1cccs1. The predicted octanol–water partition coefficient (Wildman–Crippen LogP) is 4.99. The molecule has 28 heavy (non-hydrogen) atoms. The summed E-state index contributed by atoms with van der Waals surface area (Å²) in [7, 11) is 1.73. The second kappa shape index (κ2) is 8.00. The molecule has 4 aliphatic carbocycles. The van der Waals surface area contributed by atoms with Crippen LogP contribution in [0, 0.1) is 23.7 Å². The van der Waals surface area contributed by atoms with E-state index in [9.17, 15) is 0 Å². The third kappa shape index (κ3) is 3.73. The van der Waals surface area contributed by atoms with Crippen molar-refractivity contribution in [2.75, 3.05) is 7.11 Å². The van der Waals surface area contributed by atoms with Crippen molar-refractivity contribution in [1.29, 1.82) is 0 Å². The number of benzene rings is 1. The summed E-state index contributed by atoms with van der Waals surface area (Å²) in [5.74, 6) is 5.61. The van der Waals surface area contributed by atoms with E-state index in [1.165, 1.54) is 42.5 Å². The van der Waals surface area contributed by atoms with Crippen LogP contribution in [-0.2, 0) is 13.2 Å². The quantitative estimate of drug-likeness (QED) is 0.628. The maximum Gasteiger partial charge on any atom is 0.175 e. The number of hydrogen-bond donors (Lipinski definition) is 1. The van der Waals surface area contributed by atoms with Crippen LogP contribution in [0.25, 0.3) is 0 Å². The molecule has 4 aliphatic rings. The van der Waals surface area contributed by atoms with Gasteiger partial charge in [0, 0.05) is 22.3 Å². The molecule has 4 bridgehead atoms. The zero-order valence-corrected chi connectivity index (χ0v) is 18.8. The molecular weight excluding hydrogens is 434 g/mol. The highest BCUT2D eigenvalue weighted by Crippen LogP contribution is 2.52. The molecule has 1 aromatic heterocycles. The Bertz CT molecular complexity index is 794. The van der Waals surface area contributed by atoms with Crippen LogP contribution in [0.4, 0.5) is 0 Å². The first-order valence-corrected chi connectivity index (χ1v) is 12.2. The fraction of sp³-hybridized carbons (Fsp3) is 0.565. The van der Waals surface area contributed by atoms with E-state index in [0.29, 0.717) is 6.61 Å². The zero-order valence-electron chi connectivity index (χ0n) is 16.4. The topological polar surface area (TPSA) is 35.1 Å². The Hall–Kier alpha value is -1.04. The minimum Gasteiger partial charge on any atom is -0.493 e. The molecular formula is C23H29BrNO2S+. The molecule has 4 fully saturated rings. The largest absolute Gasteiger partial charge is 0.493 e. The van der Waals surface area contributed by atoms with Gasteiger partial charge >= 0.3 is 0 Å². The number of ether oxygens (including phenoxy) is 2. The van der Waals surface area contributed by atoms with Crippen molar-refractivity contribution < 1.29 is 14.8 Å². The average molecular weight is 463 g/mol. The lowest BCUT2D eigenvalue weighted by Gasteiger charge is -2.52. The summed E-state index contributed by atoms with van der Waals surface area (Å²) < 4.78 is 12.7. The second-order valence-electron chi connectivity index (χ2n) is 8.92. The van der Waals surface area contributed by atoms with Crippen molar-refractivity contribution in [3.63, 3.8) is 0 Å². The van der Waals surface area contributed by atoms with Crippen molar-refractivity contribution >= 4 is 27.3 Å². The highest BCUT2D eigenvalue weighted by molar-refractivity contribution is 9.10. The highest BCUT2D eigenvalue weighted by atomic mass is 79.9. The summed E-state index contributed by atoms with van der Waals surface area (Å²) >= 11 is 5.43. The number of nitrogens with two attached hydrogens (primary N) is 1. The molecule has 0 atom stereocenters. The highest BCUT2D eigenvalue weighted by Gasteiger charge is 2.50. The molecule has 4 saturated carbocycles. The number of quaternary nitrogens is 1. The Kier molecular flexibility index (Phi) is 5.42. The molecule has 150 valence electrons. The molecule has 0 spiro atoms. The Balaban J connectivity index is 1.26. The van der Waals surface area contributed by atoms with Crippen molar-refractivity contribution in [1.82, 2.24) is 0 Å². The lowest BCUT2D eigenvalue weighted by molar-refractivity contribution is -0.723. The van der Waals surface area contributed by atoms with Crippen molar-refractivity contribution in [3.8, 4) is 11.5 Å². The van der Waals surface area contributed by atoms with E-state index in [1.54, 1.807) is 18.4 Å². The van der Waals surface area contributed by atoms with Gasteiger partial charge in [0.05, 0.1) is 17.6 Å². The first-order chi connectivity index (χ1) is 13.7. The fourth-order valence-corrected chi connectivity index (χ4v) is 7.41. The average Bonchev–Trinajstić information content (AvgIpc) is 3.19. The molecule has 3 nitrogen and oxygen atoms in total. The van der Waals surface area contributed by atoms with Gasteiger partial charge in [-0.2, -0.15) is 0 Å². The van der Waals surface area contributed by atoms with E-state index in [4.69, 9.17) is 9.47 Å². The van der Waals surface area contributed by atoms with Crippen LogP contribution < -0.4 is 14.8 Å². The van der Waals surface area contributed by atoms with Crippen LogP contribution in [0.5, 0.6) is 11.5 Å². The Morgan fingerprint density at radius 3 is 2.50 bits per heavy atom. The van der Waals surface area contributed by atoms with Crippen molar-refractivity contribution in [2.45, 2.75) is 51.3 Å². The van der Waals surface area contributed by atoms with E-state index in [2.05, 4.69) is 50.9 Å². The zero-order chi connectivity index (χ0) is 19.1. The van der Waals surface area contributed by atoms with Crippen LogP contribution >= 0.6 is 27.3 Å². The lowest BCUT2D eigenvalue weighted by Crippen LogP contribution is -2.93. The molecule has 5 heteroatoms. The standard InChI is InChI=1S/C23H28BrNO2S/c1-26-21-11-16(10-20(24)23(21)27-13-19-3-2-4-28-19)12-25-22-17-6-14-5-15(8-17)9-18(22)7-14/h2-4,10-11,14-15,17-18,22,25H,5-9,12-13H2,1H3/p+1. The van der Waals surface area contributed by atoms with Gasteiger partial charge in [0.15, 0.2) is 11.5 Å². The maximum atomic E-state index is 6.06.